The molecule has 0 aromatic carbocycles. The fourth-order valence-corrected chi connectivity index (χ4v) is 14.3. The van der Waals surface area contributed by atoms with E-state index in [1.165, 1.54) is 154 Å². The summed E-state index contributed by atoms with van der Waals surface area (Å²) in [7, 11) is -5.69. The first-order valence-electron chi connectivity index (χ1n) is 39.2. The molecule has 3 rings (SSSR count). The molecule has 24 nitrogen and oxygen atoms in total. The molecular formula is C74H139O24P. The average Bonchev–Trinajstić information content (AvgIpc) is 0.766. The van der Waals surface area contributed by atoms with Crippen LogP contribution in [0.5, 0.6) is 0 Å². The van der Waals surface area contributed by atoms with Crippen molar-refractivity contribution in [3.63, 3.8) is 0 Å². The SMILES string of the molecule is CCCCCCCCCCCCCCCCCCC(=O)OCC1OC(OC2C(O)C(O)C(O)C(OC3OC(CO)C(O)C(O)C3O)C2OP(=O)(O)OCC(COC(=O)CCCCCCCCC(C)CCCCCCCC)OC(=O)CCCCCCCCCCCCCC)C(O)C(O)C1O. The highest BCUT2D eigenvalue weighted by atomic mass is 31.2. The van der Waals surface area contributed by atoms with Crippen LogP contribution in [0.15, 0.2) is 0 Å². The number of phosphoric ester groups is 1. The summed E-state index contributed by atoms with van der Waals surface area (Å²) in [4.78, 5) is 51.1. The van der Waals surface area contributed by atoms with Gasteiger partial charge in [0.2, 0.25) is 0 Å². The summed E-state index contributed by atoms with van der Waals surface area (Å²) in [5.41, 5.74) is 0. The van der Waals surface area contributed by atoms with E-state index in [9.17, 15) is 74.9 Å². The Morgan fingerprint density at radius 2 is 0.707 bits per heavy atom. The summed E-state index contributed by atoms with van der Waals surface area (Å²) in [5, 5.41) is 110. The van der Waals surface area contributed by atoms with Crippen molar-refractivity contribution in [2.45, 2.75) is 421 Å². The number of aliphatic hydroxyl groups excluding tert-OH is 10. The Bertz CT molecular complexity index is 2060. The van der Waals surface area contributed by atoms with Crippen molar-refractivity contribution >= 4 is 25.7 Å². The number of carbonyl (C=O) groups excluding carboxylic acids is 3. The first-order valence-corrected chi connectivity index (χ1v) is 40.7. The number of aliphatic hydroxyl groups is 10. The number of hydrogen-bond acceptors (Lipinski definition) is 23. The standard InChI is InChI=1S/C74H139O24P/c1-5-8-11-14-17-19-21-23-24-25-26-28-29-31-37-43-48-59(77)91-53-57-62(80)64(82)69(87)74(95-57)97-71-67(85)65(83)66(84)70(96-73-68(86)63(81)61(79)56(50-75)94-73)72(71)98-99(88,89)92-52-55(93-60(78)49-44-39-32-30-27-22-20-18-15-12-9-6-2)51-90-58(76)47-42-38-34-33-36-41-46-54(4)45-40-35-16-13-10-7-3/h54-57,61-75,79-87H,5-53H2,1-4H3,(H,88,89). The molecule has 2 aliphatic heterocycles. The van der Waals surface area contributed by atoms with E-state index in [1.54, 1.807) is 0 Å². The fraction of sp³-hybridized carbons (Fsp3) is 0.959. The smallest absolute Gasteiger partial charge is 0.463 e. The van der Waals surface area contributed by atoms with Gasteiger partial charge in [0.05, 0.1) is 13.2 Å². The van der Waals surface area contributed by atoms with Crippen molar-refractivity contribution in [1.82, 2.24) is 0 Å². The maximum atomic E-state index is 14.3. The number of unbranched alkanes of at least 4 members (excludes halogenated alkanes) is 36. The average molecular weight is 1440 g/mol. The molecule has 0 aromatic heterocycles. The lowest BCUT2D eigenvalue weighted by atomic mass is 9.84. The van der Waals surface area contributed by atoms with Crippen LogP contribution in [-0.4, -0.2) is 204 Å². The van der Waals surface area contributed by atoms with Crippen LogP contribution in [0.2, 0.25) is 0 Å². The number of rotatable bonds is 61. The molecule has 0 bridgehead atoms. The van der Waals surface area contributed by atoms with Crippen LogP contribution >= 0.6 is 7.82 Å². The molecule has 99 heavy (non-hydrogen) atoms. The van der Waals surface area contributed by atoms with Gasteiger partial charge in [0.25, 0.3) is 0 Å². The maximum Gasteiger partial charge on any atom is 0.472 e. The predicted molar refractivity (Wildman–Crippen MR) is 375 cm³/mol. The van der Waals surface area contributed by atoms with Gasteiger partial charge in [0.15, 0.2) is 18.7 Å². The summed E-state index contributed by atoms with van der Waals surface area (Å²) < 4.78 is 65.1. The summed E-state index contributed by atoms with van der Waals surface area (Å²) in [6, 6.07) is 0. The highest BCUT2D eigenvalue weighted by Crippen LogP contribution is 2.49. The van der Waals surface area contributed by atoms with Crippen molar-refractivity contribution in [1.29, 1.82) is 0 Å². The molecule has 3 aliphatic rings. The summed E-state index contributed by atoms with van der Waals surface area (Å²) in [5.74, 6) is -1.28. The topological polar surface area (TPSA) is 374 Å². The number of hydrogen-bond donors (Lipinski definition) is 11. The summed E-state index contributed by atoms with van der Waals surface area (Å²) in [6.45, 7) is 5.80. The molecule has 2 saturated heterocycles. The van der Waals surface area contributed by atoms with E-state index in [0.29, 0.717) is 25.2 Å². The van der Waals surface area contributed by atoms with E-state index >= 15 is 0 Å². The van der Waals surface area contributed by atoms with Gasteiger partial charge in [-0.1, -0.05) is 278 Å². The molecule has 1 aliphatic carbocycles. The van der Waals surface area contributed by atoms with Crippen LogP contribution in [0, 0.1) is 5.92 Å². The van der Waals surface area contributed by atoms with Gasteiger partial charge in [-0.25, -0.2) is 4.57 Å². The van der Waals surface area contributed by atoms with Crippen molar-refractivity contribution in [2.24, 2.45) is 5.92 Å². The Balaban J connectivity index is 1.71. The van der Waals surface area contributed by atoms with Gasteiger partial charge in [0, 0.05) is 19.3 Å². The first kappa shape index (κ1) is 91.2. The number of carbonyl (C=O) groups is 3. The molecular weight excluding hydrogens is 1300 g/mol. The molecule has 2 heterocycles. The van der Waals surface area contributed by atoms with Crippen LogP contribution in [-0.2, 0) is 61.2 Å². The molecule has 19 unspecified atom stereocenters. The van der Waals surface area contributed by atoms with Gasteiger partial charge in [-0.3, -0.25) is 23.4 Å². The van der Waals surface area contributed by atoms with E-state index in [1.807, 2.05) is 0 Å². The molecule has 584 valence electrons. The number of phosphoric acid groups is 1. The Kier molecular flexibility index (Phi) is 51.0. The van der Waals surface area contributed by atoms with Gasteiger partial charge in [-0.05, 0) is 25.2 Å². The molecule has 25 heteroatoms. The van der Waals surface area contributed by atoms with Crippen molar-refractivity contribution in [3.05, 3.63) is 0 Å². The monoisotopic (exact) mass is 1440 g/mol. The molecule has 3 fully saturated rings. The third-order valence-corrected chi connectivity index (χ3v) is 20.8. The largest absolute Gasteiger partial charge is 0.472 e. The van der Waals surface area contributed by atoms with Crippen molar-refractivity contribution in [2.75, 3.05) is 26.4 Å². The van der Waals surface area contributed by atoms with Crippen LogP contribution in [0.4, 0.5) is 0 Å². The quantitative estimate of drug-likeness (QED) is 0.0117. The Hall–Kier alpha value is -2.04. The molecule has 0 aromatic rings. The number of esters is 3. The minimum atomic E-state index is -5.69. The van der Waals surface area contributed by atoms with E-state index < -0.39 is 156 Å². The lowest BCUT2D eigenvalue weighted by molar-refractivity contribution is -0.360. The highest BCUT2D eigenvalue weighted by Gasteiger charge is 2.58. The summed E-state index contributed by atoms with van der Waals surface area (Å²) in [6.07, 6.45) is 11.6. The zero-order valence-electron chi connectivity index (χ0n) is 61.2. The third-order valence-electron chi connectivity index (χ3n) is 19.8. The highest BCUT2D eigenvalue weighted by molar-refractivity contribution is 7.47. The first-order chi connectivity index (χ1) is 47.7. The molecule has 19 atom stereocenters. The molecule has 0 spiro atoms. The second-order valence-electron chi connectivity index (χ2n) is 28.7. The zero-order valence-corrected chi connectivity index (χ0v) is 62.1. The van der Waals surface area contributed by atoms with Crippen LogP contribution in [0.1, 0.15) is 317 Å². The minimum Gasteiger partial charge on any atom is -0.463 e. The van der Waals surface area contributed by atoms with E-state index in [2.05, 4.69) is 27.7 Å². The summed E-state index contributed by atoms with van der Waals surface area (Å²) >= 11 is 0. The minimum absolute atomic E-state index is 0.0337. The lowest BCUT2D eigenvalue weighted by Crippen LogP contribution is -2.69. The second kappa shape index (κ2) is 55.4. The molecule has 1 saturated carbocycles. The van der Waals surface area contributed by atoms with Gasteiger partial charge in [-0.2, -0.15) is 0 Å². The Morgan fingerprint density at radius 1 is 0.384 bits per heavy atom. The number of ether oxygens (including phenoxy) is 7. The van der Waals surface area contributed by atoms with Crippen LogP contribution < -0.4 is 0 Å². The second-order valence-corrected chi connectivity index (χ2v) is 30.1. The fourth-order valence-electron chi connectivity index (χ4n) is 13.3. The Labute approximate surface area is 593 Å². The van der Waals surface area contributed by atoms with E-state index in [0.717, 1.165) is 96.3 Å². The van der Waals surface area contributed by atoms with Crippen molar-refractivity contribution in [3.8, 4) is 0 Å². The van der Waals surface area contributed by atoms with Gasteiger partial charge in [-0.15, -0.1) is 0 Å². The van der Waals surface area contributed by atoms with Gasteiger partial charge >= 0.3 is 25.7 Å². The van der Waals surface area contributed by atoms with Gasteiger partial charge < -0.3 is 89.1 Å². The van der Waals surface area contributed by atoms with Crippen LogP contribution in [0.3, 0.4) is 0 Å². The molecule has 0 amide bonds. The molecule has 0 radical (unpaired) electrons. The van der Waals surface area contributed by atoms with E-state index in [4.69, 9.17) is 42.2 Å². The Morgan fingerprint density at radius 3 is 1.09 bits per heavy atom. The van der Waals surface area contributed by atoms with E-state index in [-0.39, 0.29) is 19.3 Å². The van der Waals surface area contributed by atoms with Gasteiger partial charge in [0.1, 0.15) is 98.7 Å². The predicted octanol–water partition coefficient (Wildman–Crippen LogP) is 11.2. The normalized spacial score (nSPS) is 27.7. The third kappa shape index (κ3) is 38.7. The maximum absolute atomic E-state index is 14.3. The van der Waals surface area contributed by atoms with Crippen molar-refractivity contribution < 1.29 is 117 Å². The molecule has 11 N–H and O–H groups in total. The van der Waals surface area contributed by atoms with Crippen LogP contribution in [0.25, 0.3) is 0 Å². The lowest BCUT2D eigenvalue weighted by Gasteiger charge is -2.49. The zero-order chi connectivity index (χ0) is 72.6.